The number of aryl methyl sites for hydroxylation is 1. The van der Waals surface area contributed by atoms with E-state index in [1.54, 1.807) is 31.4 Å². The summed E-state index contributed by atoms with van der Waals surface area (Å²) in [5.41, 5.74) is 2.07. The third-order valence-corrected chi connectivity index (χ3v) is 5.96. The molecule has 2 atom stereocenters. The van der Waals surface area contributed by atoms with Crippen LogP contribution in [0, 0.1) is 12.8 Å². The Labute approximate surface area is 149 Å². The van der Waals surface area contributed by atoms with E-state index in [1.807, 2.05) is 31.2 Å². The second-order valence-electron chi connectivity index (χ2n) is 6.28. The zero-order valence-electron chi connectivity index (χ0n) is 14.4. The summed E-state index contributed by atoms with van der Waals surface area (Å²) in [6.07, 6.45) is 0.722. The summed E-state index contributed by atoms with van der Waals surface area (Å²) in [4.78, 5) is 0.290. The Balaban J connectivity index is 1.67. The highest BCUT2D eigenvalue weighted by molar-refractivity contribution is 7.89. The van der Waals surface area contributed by atoms with Crippen LogP contribution in [-0.4, -0.2) is 28.7 Å². The number of hydrogen-bond donors (Lipinski definition) is 1. The number of sulfonamides is 1. The number of rotatable bonds is 6. The van der Waals surface area contributed by atoms with Gasteiger partial charge in [-0.3, -0.25) is 0 Å². The molecular formula is C19H23NO4S. The Hall–Kier alpha value is -1.89. The van der Waals surface area contributed by atoms with Gasteiger partial charge in [0.2, 0.25) is 10.0 Å². The Bertz CT molecular complexity index is 800. The van der Waals surface area contributed by atoms with Crippen LogP contribution in [-0.2, 0) is 14.8 Å². The molecule has 1 fully saturated rings. The quantitative estimate of drug-likeness (QED) is 0.859. The smallest absolute Gasteiger partial charge is 0.240 e. The third-order valence-electron chi connectivity index (χ3n) is 4.53. The molecule has 1 N–H and O–H groups in total. The van der Waals surface area contributed by atoms with Gasteiger partial charge in [0.05, 0.1) is 18.1 Å². The minimum absolute atomic E-state index is 0.105. The van der Waals surface area contributed by atoms with Crippen molar-refractivity contribution >= 4 is 10.0 Å². The Morgan fingerprint density at radius 3 is 2.44 bits per heavy atom. The minimum atomic E-state index is -3.51. The molecule has 1 aliphatic heterocycles. The molecule has 0 radical (unpaired) electrons. The predicted molar refractivity (Wildman–Crippen MR) is 96.2 cm³/mol. The molecule has 3 rings (SSSR count). The van der Waals surface area contributed by atoms with Crippen LogP contribution in [0.1, 0.15) is 23.7 Å². The van der Waals surface area contributed by atoms with E-state index in [2.05, 4.69) is 4.72 Å². The molecule has 6 heteroatoms. The van der Waals surface area contributed by atoms with Crippen molar-refractivity contribution in [3.8, 4) is 5.75 Å². The first kappa shape index (κ1) is 17.9. The molecule has 0 spiro atoms. The van der Waals surface area contributed by atoms with Gasteiger partial charge in [0.15, 0.2) is 0 Å². The molecule has 0 aromatic heterocycles. The first-order valence-electron chi connectivity index (χ1n) is 8.31. The molecule has 2 aromatic carbocycles. The summed E-state index contributed by atoms with van der Waals surface area (Å²) in [5.74, 6) is 0.895. The Morgan fingerprint density at radius 2 is 1.80 bits per heavy atom. The van der Waals surface area contributed by atoms with E-state index >= 15 is 0 Å². The minimum Gasteiger partial charge on any atom is -0.497 e. The van der Waals surface area contributed by atoms with E-state index in [1.165, 1.54) is 0 Å². The van der Waals surface area contributed by atoms with Crippen molar-refractivity contribution in [2.45, 2.75) is 24.3 Å². The first-order valence-corrected chi connectivity index (χ1v) is 9.80. The number of nitrogens with one attached hydrogen (secondary N) is 1. The lowest BCUT2D eigenvalue weighted by molar-refractivity contribution is 0.0917. The molecule has 1 saturated heterocycles. The van der Waals surface area contributed by atoms with Gasteiger partial charge in [-0.2, -0.15) is 0 Å². The highest BCUT2D eigenvalue weighted by Crippen LogP contribution is 2.35. The summed E-state index contributed by atoms with van der Waals surface area (Å²) in [6, 6.07) is 14.6. The highest BCUT2D eigenvalue weighted by atomic mass is 32.2. The average molecular weight is 361 g/mol. The van der Waals surface area contributed by atoms with Crippen LogP contribution in [0.5, 0.6) is 5.75 Å². The van der Waals surface area contributed by atoms with Crippen LogP contribution >= 0.6 is 0 Å². The summed E-state index contributed by atoms with van der Waals surface area (Å²) in [7, 11) is -1.88. The van der Waals surface area contributed by atoms with E-state index in [-0.39, 0.29) is 16.9 Å². The fraction of sp³-hybridized carbons (Fsp3) is 0.368. The summed E-state index contributed by atoms with van der Waals surface area (Å²) < 4.78 is 38.7. The molecule has 1 aliphatic rings. The molecule has 5 nitrogen and oxygen atoms in total. The summed E-state index contributed by atoms with van der Waals surface area (Å²) in [5, 5.41) is 0. The molecule has 134 valence electrons. The third kappa shape index (κ3) is 4.21. The molecule has 0 saturated carbocycles. The summed E-state index contributed by atoms with van der Waals surface area (Å²) >= 11 is 0. The van der Waals surface area contributed by atoms with E-state index in [9.17, 15) is 8.42 Å². The van der Waals surface area contributed by atoms with Crippen molar-refractivity contribution in [2.75, 3.05) is 20.3 Å². The Kier molecular flexibility index (Phi) is 5.42. The van der Waals surface area contributed by atoms with Crippen LogP contribution in [0.4, 0.5) is 0 Å². The van der Waals surface area contributed by atoms with E-state index in [0.717, 1.165) is 23.3 Å². The SMILES string of the molecule is COc1ccc([C@H]2OCC[C@H]2CNS(=O)(=O)c2ccc(C)cc2)cc1. The van der Waals surface area contributed by atoms with Gasteiger partial charge in [-0.05, 0) is 43.2 Å². The topological polar surface area (TPSA) is 64.6 Å². The Morgan fingerprint density at radius 1 is 1.12 bits per heavy atom. The molecule has 0 amide bonds. The normalized spacial score (nSPS) is 20.6. The lowest BCUT2D eigenvalue weighted by Gasteiger charge is -2.19. The van der Waals surface area contributed by atoms with Crippen LogP contribution in [0.2, 0.25) is 0 Å². The highest BCUT2D eigenvalue weighted by Gasteiger charge is 2.30. The molecule has 25 heavy (non-hydrogen) atoms. The largest absolute Gasteiger partial charge is 0.497 e. The van der Waals surface area contributed by atoms with E-state index in [4.69, 9.17) is 9.47 Å². The van der Waals surface area contributed by atoms with Crippen molar-refractivity contribution < 1.29 is 17.9 Å². The van der Waals surface area contributed by atoms with Crippen LogP contribution in [0.15, 0.2) is 53.4 Å². The molecule has 2 aromatic rings. The van der Waals surface area contributed by atoms with Crippen molar-refractivity contribution in [2.24, 2.45) is 5.92 Å². The fourth-order valence-electron chi connectivity index (χ4n) is 3.02. The maximum Gasteiger partial charge on any atom is 0.240 e. The lowest BCUT2D eigenvalue weighted by Crippen LogP contribution is -2.30. The second-order valence-corrected chi connectivity index (χ2v) is 8.05. The van der Waals surface area contributed by atoms with Gasteiger partial charge in [0.25, 0.3) is 0 Å². The van der Waals surface area contributed by atoms with Gasteiger partial charge in [0.1, 0.15) is 5.75 Å². The van der Waals surface area contributed by atoms with E-state index < -0.39 is 10.0 Å². The number of hydrogen-bond acceptors (Lipinski definition) is 4. The maximum absolute atomic E-state index is 12.5. The van der Waals surface area contributed by atoms with Gasteiger partial charge in [-0.1, -0.05) is 29.8 Å². The van der Waals surface area contributed by atoms with Crippen molar-refractivity contribution in [3.05, 3.63) is 59.7 Å². The average Bonchev–Trinajstić information content (AvgIpc) is 3.09. The van der Waals surface area contributed by atoms with Crippen molar-refractivity contribution in [3.63, 3.8) is 0 Å². The molecule has 1 heterocycles. The molecule has 0 aliphatic carbocycles. The number of ether oxygens (including phenoxy) is 2. The molecule has 0 bridgehead atoms. The molecular weight excluding hydrogens is 338 g/mol. The van der Waals surface area contributed by atoms with Gasteiger partial charge in [-0.15, -0.1) is 0 Å². The first-order chi connectivity index (χ1) is 12.0. The van der Waals surface area contributed by atoms with Crippen LogP contribution in [0.25, 0.3) is 0 Å². The lowest BCUT2D eigenvalue weighted by atomic mass is 9.95. The number of benzene rings is 2. The zero-order chi connectivity index (χ0) is 17.9. The van der Waals surface area contributed by atoms with Gasteiger partial charge in [-0.25, -0.2) is 13.1 Å². The zero-order valence-corrected chi connectivity index (χ0v) is 15.3. The van der Waals surface area contributed by atoms with Crippen molar-refractivity contribution in [1.82, 2.24) is 4.72 Å². The van der Waals surface area contributed by atoms with Crippen LogP contribution in [0.3, 0.4) is 0 Å². The van der Waals surface area contributed by atoms with Crippen molar-refractivity contribution in [1.29, 1.82) is 0 Å². The van der Waals surface area contributed by atoms with Gasteiger partial charge in [0, 0.05) is 19.1 Å². The predicted octanol–water partition coefficient (Wildman–Crippen LogP) is 3.06. The van der Waals surface area contributed by atoms with E-state index in [0.29, 0.717) is 13.2 Å². The van der Waals surface area contributed by atoms with Crippen LogP contribution < -0.4 is 9.46 Å². The standard InChI is InChI=1S/C19H23NO4S/c1-14-3-9-18(10-4-14)25(21,22)20-13-16-11-12-24-19(16)15-5-7-17(23-2)8-6-15/h3-10,16,19-20H,11-13H2,1-2H3/t16-,19+/m0/s1. The summed E-state index contributed by atoms with van der Waals surface area (Å²) in [6.45, 7) is 2.92. The van der Waals surface area contributed by atoms with Gasteiger partial charge >= 0.3 is 0 Å². The fourth-order valence-corrected chi connectivity index (χ4v) is 4.12. The van der Waals surface area contributed by atoms with Gasteiger partial charge < -0.3 is 9.47 Å². The maximum atomic E-state index is 12.5. The monoisotopic (exact) mass is 361 g/mol. The second kappa shape index (κ2) is 7.56. The number of methoxy groups -OCH3 is 1. The molecule has 0 unspecified atom stereocenters.